The fourth-order valence-corrected chi connectivity index (χ4v) is 6.53. The maximum atomic E-state index is 2.32. The van der Waals surface area contributed by atoms with Crippen molar-refractivity contribution in [3.8, 4) is 44.5 Å². The summed E-state index contributed by atoms with van der Waals surface area (Å²) < 4.78 is 0. The lowest BCUT2D eigenvalue weighted by molar-refractivity contribution is 1.28. The molecule has 8 rings (SSSR count). The van der Waals surface area contributed by atoms with Crippen molar-refractivity contribution >= 4 is 27.8 Å². The summed E-state index contributed by atoms with van der Waals surface area (Å²) in [7, 11) is 0. The second kappa shape index (κ2) is 12.7. The van der Waals surface area contributed by atoms with Gasteiger partial charge in [0.2, 0.25) is 0 Å². The average Bonchev–Trinajstić information content (AvgIpc) is 3.16. The van der Waals surface area contributed by atoms with Gasteiger partial charge in [-0.25, -0.2) is 0 Å². The fraction of sp³-hybridized carbons (Fsp3) is 0. The van der Waals surface area contributed by atoms with Crippen LogP contribution in [0.4, 0.5) is 17.1 Å². The number of benzene rings is 8. The van der Waals surface area contributed by atoms with Crippen molar-refractivity contribution in [2.24, 2.45) is 0 Å². The van der Waals surface area contributed by atoms with Gasteiger partial charge in [0.05, 0.1) is 0 Å². The van der Waals surface area contributed by atoms with Gasteiger partial charge in [-0.2, -0.15) is 0 Å². The molecule has 0 fully saturated rings. The van der Waals surface area contributed by atoms with E-state index in [1.54, 1.807) is 0 Å². The van der Waals surface area contributed by atoms with Crippen LogP contribution in [0.1, 0.15) is 0 Å². The second-order valence-electron chi connectivity index (χ2n) is 11.8. The maximum Gasteiger partial charge on any atom is 0.0462 e. The van der Waals surface area contributed by atoms with Crippen LogP contribution in [-0.2, 0) is 0 Å². The van der Waals surface area contributed by atoms with Crippen LogP contribution in [0.2, 0.25) is 0 Å². The highest BCUT2D eigenvalue weighted by atomic mass is 15.1. The van der Waals surface area contributed by atoms with Crippen molar-refractivity contribution in [2.45, 2.75) is 0 Å². The normalized spacial score (nSPS) is 11.0. The molecule has 0 bridgehead atoms. The third-order valence-corrected chi connectivity index (χ3v) is 8.89. The van der Waals surface area contributed by atoms with E-state index in [0.29, 0.717) is 0 Å². The summed E-state index contributed by atoms with van der Waals surface area (Å²) in [5.41, 5.74) is 13.1. The molecule has 0 unspecified atom stereocenters. The maximum absolute atomic E-state index is 2.32. The van der Waals surface area contributed by atoms with Gasteiger partial charge < -0.3 is 4.90 Å². The summed E-state index contributed by atoms with van der Waals surface area (Å²) in [6.45, 7) is 0. The molecular weight excluding hydrogens is 567 g/mol. The molecule has 0 aliphatic carbocycles. The predicted molar refractivity (Wildman–Crippen MR) is 200 cm³/mol. The summed E-state index contributed by atoms with van der Waals surface area (Å²) in [5.74, 6) is 0. The van der Waals surface area contributed by atoms with Crippen LogP contribution in [0.3, 0.4) is 0 Å². The van der Waals surface area contributed by atoms with Crippen LogP contribution >= 0.6 is 0 Å². The second-order valence-corrected chi connectivity index (χ2v) is 11.8. The fourth-order valence-electron chi connectivity index (χ4n) is 6.53. The number of fused-ring (bicyclic) bond motifs is 1. The van der Waals surface area contributed by atoms with Gasteiger partial charge in [0.1, 0.15) is 0 Å². The van der Waals surface area contributed by atoms with E-state index >= 15 is 0 Å². The molecule has 1 heteroatoms. The number of hydrogen-bond acceptors (Lipinski definition) is 1. The molecule has 1 nitrogen and oxygen atoms in total. The van der Waals surface area contributed by atoms with E-state index < -0.39 is 0 Å². The third-order valence-electron chi connectivity index (χ3n) is 8.89. The Labute approximate surface area is 276 Å². The van der Waals surface area contributed by atoms with Crippen molar-refractivity contribution in [3.05, 3.63) is 200 Å². The first kappa shape index (κ1) is 28.3. The van der Waals surface area contributed by atoms with E-state index in [9.17, 15) is 0 Å². The van der Waals surface area contributed by atoms with Crippen molar-refractivity contribution in [1.29, 1.82) is 0 Å². The lowest BCUT2D eigenvalue weighted by Gasteiger charge is -2.26. The molecule has 0 aliphatic rings. The summed E-state index contributed by atoms with van der Waals surface area (Å²) in [6, 6.07) is 71.7. The number of anilines is 3. The van der Waals surface area contributed by atoms with Crippen molar-refractivity contribution in [3.63, 3.8) is 0 Å². The van der Waals surface area contributed by atoms with E-state index in [4.69, 9.17) is 0 Å². The lowest BCUT2D eigenvalue weighted by Crippen LogP contribution is -2.09. The third kappa shape index (κ3) is 5.72. The molecule has 0 N–H and O–H groups in total. The Morgan fingerprint density at radius 1 is 0.255 bits per heavy atom. The first-order valence-corrected chi connectivity index (χ1v) is 16.1. The Morgan fingerprint density at radius 2 is 0.660 bits per heavy atom. The molecule has 0 saturated carbocycles. The summed E-state index contributed by atoms with van der Waals surface area (Å²) in [6.07, 6.45) is 0. The van der Waals surface area contributed by atoms with E-state index in [2.05, 4.69) is 205 Å². The lowest BCUT2D eigenvalue weighted by atomic mass is 9.90. The number of hydrogen-bond donors (Lipinski definition) is 0. The minimum Gasteiger partial charge on any atom is -0.311 e. The number of nitrogens with zero attached hydrogens (tertiary/aromatic N) is 1. The van der Waals surface area contributed by atoms with E-state index in [0.717, 1.165) is 17.1 Å². The average molecular weight is 600 g/mol. The van der Waals surface area contributed by atoms with Gasteiger partial charge in [-0.1, -0.05) is 164 Å². The van der Waals surface area contributed by atoms with Gasteiger partial charge in [-0.05, 0) is 91.7 Å². The molecule has 222 valence electrons. The first-order valence-electron chi connectivity index (χ1n) is 16.1. The largest absolute Gasteiger partial charge is 0.311 e. The Bertz CT molecular complexity index is 2240. The van der Waals surface area contributed by atoms with Crippen LogP contribution in [-0.4, -0.2) is 0 Å². The molecule has 0 aliphatic heterocycles. The first-order chi connectivity index (χ1) is 23.3. The summed E-state index contributed by atoms with van der Waals surface area (Å²) >= 11 is 0. The predicted octanol–water partition coefficient (Wildman–Crippen LogP) is 13.0. The molecule has 0 heterocycles. The monoisotopic (exact) mass is 599 g/mol. The number of rotatable bonds is 7. The Hall–Kier alpha value is -6.18. The van der Waals surface area contributed by atoms with Gasteiger partial charge in [0, 0.05) is 17.1 Å². The van der Waals surface area contributed by atoms with E-state index in [1.165, 1.54) is 55.3 Å². The Balaban J connectivity index is 1.14. The van der Waals surface area contributed by atoms with Crippen LogP contribution in [0.15, 0.2) is 200 Å². The highest BCUT2D eigenvalue weighted by Gasteiger charge is 2.15. The summed E-state index contributed by atoms with van der Waals surface area (Å²) in [5, 5.41) is 2.51. The van der Waals surface area contributed by atoms with Crippen molar-refractivity contribution < 1.29 is 0 Å². The molecule has 8 aromatic rings. The van der Waals surface area contributed by atoms with Crippen molar-refractivity contribution in [2.75, 3.05) is 4.90 Å². The molecular formula is C46H33N. The molecule has 47 heavy (non-hydrogen) atoms. The van der Waals surface area contributed by atoms with Crippen LogP contribution in [0.5, 0.6) is 0 Å². The zero-order valence-electron chi connectivity index (χ0n) is 26.0. The topological polar surface area (TPSA) is 3.24 Å². The smallest absolute Gasteiger partial charge is 0.0462 e. The highest BCUT2D eigenvalue weighted by Crippen LogP contribution is 2.41. The van der Waals surface area contributed by atoms with Crippen LogP contribution < -0.4 is 4.90 Å². The molecule has 0 aromatic heterocycles. The number of para-hydroxylation sites is 1. The summed E-state index contributed by atoms with van der Waals surface area (Å²) in [4.78, 5) is 2.32. The van der Waals surface area contributed by atoms with Crippen LogP contribution in [0.25, 0.3) is 55.3 Å². The zero-order valence-corrected chi connectivity index (χ0v) is 26.0. The van der Waals surface area contributed by atoms with Gasteiger partial charge in [-0.3, -0.25) is 0 Å². The van der Waals surface area contributed by atoms with E-state index in [1.807, 2.05) is 0 Å². The Kier molecular flexibility index (Phi) is 7.63. The molecule has 0 saturated heterocycles. The minimum atomic E-state index is 1.11. The highest BCUT2D eigenvalue weighted by molar-refractivity contribution is 6.04. The van der Waals surface area contributed by atoms with Gasteiger partial charge in [0.15, 0.2) is 0 Å². The SMILES string of the molecule is c1ccc(-c2ccc(-c3ccc(N(c4ccccc4)c4ccc(-c5ccc6ccccc6c5-c5ccccc5)cc4)cc3)cc2)cc1. The molecule has 8 aromatic carbocycles. The molecule has 0 spiro atoms. The van der Waals surface area contributed by atoms with Gasteiger partial charge in [-0.15, -0.1) is 0 Å². The van der Waals surface area contributed by atoms with Crippen LogP contribution in [0, 0.1) is 0 Å². The Morgan fingerprint density at radius 3 is 1.23 bits per heavy atom. The molecule has 0 atom stereocenters. The molecule has 0 radical (unpaired) electrons. The van der Waals surface area contributed by atoms with E-state index in [-0.39, 0.29) is 0 Å². The molecule has 0 amide bonds. The van der Waals surface area contributed by atoms with Gasteiger partial charge >= 0.3 is 0 Å². The minimum absolute atomic E-state index is 1.11. The van der Waals surface area contributed by atoms with Crippen molar-refractivity contribution in [1.82, 2.24) is 0 Å². The standard InChI is InChI=1S/C46H33N/c1-4-12-34(13-5-1)35-20-22-36(23-21-35)37-24-29-42(30-25-37)47(41-17-8-3-9-18-41)43-31-26-39(27-32-43)45-33-28-38-14-10-11-19-44(38)46(45)40-15-6-2-7-16-40/h1-33H. The quantitative estimate of drug-likeness (QED) is 0.176. The zero-order chi connectivity index (χ0) is 31.4. The van der Waals surface area contributed by atoms with Gasteiger partial charge in [0.25, 0.3) is 0 Å².